The normalized spacial score (nSPS) is 15.2. The molecule has 8 heteroatoms. The van der Waals surface area contributed by atoms with Gasteiger partial charge in [-0.15, -0.1) is 0 Å². The molecule has 0 saturated carbocycles. The zero-order valence-electron chi connectivity index (χ0n) is 15.7. The number of benzene rings is 2. The second kappa shape index (κ2) is 7.72. The van der Waals surface area contributed by atoms with Crippen molar-refractivity contribution in [2.24, 2.45) is 0 Å². The van der Waals surface area contributed by atoms with Crippen LogP contribution in [0, 0.1) is 5.82 Å². The maximum absolute atomic E-state index is 14.2. The molecule has 0 spiro atoms. The molecule has 1 aliphatic rings. The number of thiazole rings is 1. The number of aromatic nitrogens is 2. The minimum atomic E-state index is -0.835. The van der Waals surface area contributed by atoms with Gasteiger partial charge < -0.3 is 9.47 Å². The average molecular weight is 421 g/mol. The molecule has 0 saturated heterocycles. The minimum absolute atomic E-state index is 0.0853. The number of amides is 1. The number of anilines is 1. The Hall–Kier alpha value is -3.52. The highest BCUT2D eigenvalue weighted by atomic mass is 32.1. The fraction of sp³-hybridized carbons (Fsp3) is 0.136. The highest BCUT2D eigenvalue weighted by molar-refractivity contribution is 7.22. The van der Waals surface area contributed by atoms with Crippen molar-refractivity contribution in [3.8, 4) is 11.5 Å². The molecule has 150 valence electrons. The molecule has 1 unspecified atom stereocenters. The number of para-hydroxylation sites is 3. The van der Waals surface area contributed by atoms with Gasteiger partial charge in [0, 0.05) is 12.4 Å². The Kier molecular flexibility index (Phi) is 4.76. The van der Waals surface area contributed by atoms with Crippen LogP contribution in [0.1, 0.15) is 5.56 Å². The van der Waals surface area contributed by atoms with E-state index in [4.69, 9.17) is 9.47 Å². The third-order valence-electron chi connectivity index (χ3n) is 4.73. The Morgan fingerprint density at radius 3 is 2.70 bits per heavy atom. The first-order valence-corrected chi connectivity index (χ1v) is 10.1. The zero-order valence-corrected chi connectivity index (χ0v) is 16.5. The van der Waals surface area contributed by atoms with Gasteiger partial charge in [0.15, 0.2) is 16.6 Å². The van der Waals surface area contributed by atoms with Crippen LogP contribution in [0.25, 0.3) is 10.2 Å². The van der Waals surface area contributed by atoms with Gasteiger partial charge >= 0.3 is 0 Å². The third kappa shape index (κ3) is 3.46. The fourth-order valence-corrected chi connectivity index (χ4v) is 4.23. The van der Waals surface area contributed by atoms with E-state index in [-0.39, 0.29) is 24.6 Å². The van der Waals surface area contributed by atoms with Crippen molar-refractivity contribution < 1.29 is 18.7 Å². The second-order valence-electron chi connectivity index (χ2n) is 6.73. The van der Waals surface area contributed by atoms with E-state index in [1.54, 1.807) is 36.7 Å². The van der Waals surface area contributed by atoms with Crippen LogP contribution < -0.4 is 14.4 Å². The van der Waals surface area contributed by atoms with Crippen molar-refractivity contribution in [2.45, 2.75) is 12.6 Å². The van der Waals surface area contributed by atoms with E-state index in [0.29, 0.717) is 21.3 Å². The van der Waals surface area contributed by atoms with Crippen molar-refractivity contribution in [3.05, 3.63) is 78.4 Å². The molecule has 0 aliphatic carbocycles. The first-order valence-electron chi connectivity index (χ1n) is 9.33. The van der Waals surface area contributed by atoms with Gasteiger partial charge in [0.05, 0.1) is 11.2 Å². The Balaban J connectivity index is 1.50. The number of nitrogens with zero attached hydrogens (tertiary/aromatic N) is 3. The van der Waals surface area contributed by atoms with Gasteiger partial charge in [-0.25, -0.2) is 9.37 Å². The van der Waals surface area contributed by atoms with Gasteiger partial charge in [-0.1, -0.05) is 29.5 Å². The first kappa shape index (κ1) is 18.5. The molecule has 0 bridgehead atoms. The largest absolute Gasteiger partial charge is 0.485 e. The Morgan fingerprint density at radius 2 is 1.90 bits per heavy atom. The monoisotopic (exact) mass is 421 g/mol. The van der Waals surface area contributed by atoms with Gasteiger partial charge in [0.2, 0.25) is 6.10 Å². The lowest BCUT2D eigenvalue weighted by Gasteiger charge is -2.29. The molecule has 3 heterocycles. The zero-order chi connectivity index (χ0) is 20.5. The van der Waals surface area contributed by atoms with Crippen LogP contribution in [-0.4, -0.2) is 28.6 Å². The predicted molar refractivity (Wildman–Crippen MR) is 111 cm³/mol. The second-order valence-corrected chi connectivity index (χ2v) is 7.74. The molecule has 0 N–H and O–H groups in total. The predicted octanol–water partition coefficient (Wildman–Crippen LogP) is 4.20. The van der Waals surface area contributed by atoms with Crippen molar-refractivity contribution in [1.29, 1.82) is 0 Å². The molecule has 2 aromatic carbocycles. The van der Waals surface area contributed by atoms with Crippen LogP contribution in [0.15, 0.2) is 67.0 Å². The van der Waals surface area contributed by atoms with Crippen molar-refractivity contribution >= 4 is 32.6 Å². The van der Waals surface area contributed by atoms with Gasteiger partial charge in [-0.3, -0.25) is 14.7 Å². The summed E-state index contributed by atoms with van der Waals surface area (Å²) in [7, 11) is 0. The molecule has 2 aromatic heterocycles. The Morgan fingerprint density at radius 1 is 1.10 bits per heavy atom. The third-order valence-corrected chi connectivity index (χ3v) is 5.77. The maximum Gasteiger partial charge on any atom is 0.273 e. The number of hydrogen-bond donors (Lipinski definition) is 0. The number of carbonyl (C=O) groups is 1. The minimum Gasteiger partial charge on any atom is -0.485 e. The topological polar surface area (TPSA) is 64.6 Å². The number of fused-ring (bicyclic) bond motifs is 2. The maximum atomic E-state index is 14.2. The van der Waals surface area contributed by atoms with E-state index >= 15 is 0 Å². The van der Waals surface area contributed by atoms with E-state index in [0.717, 1.165) is 5.56 Å². The van der Waals surface area contributed by atoms with Crippen LogP contribution in [0.2, 0.25) is 0 Å². The van der Waals surface area contributed by atoms with Crippen molar-refractivity contribution in [1.82, 2.24) is 9.97 Å². The molecule has 0 fully saturated rings. The van der Waals surface area contributed by atoms with Gasteiger partial charge in [0.25, 0.3) is 5.91 Å². The summed E-state index contributed by atoms with van der Waals surface area (Å²) in [5.74, 6) is 0.392. The highest BCUT2D eigenvalue weighted by Crippen LogP contribution is 2.34. The molecule has 4 aromatic rings. The summed E-state index contributed by atoms with van der Waals surface area (Å²) in [5.41, 5.74) is 1.12. The molecular formula is C22H16FN3O3S. The highest BCUT2D eigenvalue weighted by Gasteiger charge is 2.33. The summed E-state index contributed by atoms with van der Waals surface area (Å²) in [6.07, 6.45) is 2.48. The molecule has 30 heavy (non-hydrogen) atoms. The fourth-order valence-electron chi connectivity index (χ4n) is 3.24. The molecule has 1 atom stereocenters. The number of pyridine rings is 1. The number of halogens is 1. The van der Waals surface area contributed by atoms with Crippen molar-refractivity contribution in [2.75, 3.05) is 11.5 Å². The van der Waals surface area contributed by atoms with Gasteiger partial charge in [0.1, 0.15) is 17.9 Å². The number of rotatable bonds is 4. The quantitative estimate of drug-likeness (QED) is 0.494. The van der Waals surface area contributed by atoms with E-state index in [2.05, 4.69) is 9.97 Å². The van der Waals surface area contributed by atoms with Crippen molar-refractivity contribution in [3.63, 3.8) is 0 Å². The first-order chi connectivity index (χ1) is 14.7. The van der Waals surface area contributed by atoms with E-state index in [1.807, 2.05) is 24.3 Å². The summed E-state index contributed by atoms with van der Waals surface area (Å²) in [5, 5.41) is 0.402. The van der Waals surface area contributed by atoms with Gasteiger partial charge in [-0.2, -0.15) is 0 Å². The van der Waals surface area contributed by atoms with Crippen LogP contribution in [0.5, 0.6) is 11.5 Å². The standard InChI is InChI=1S/C22H16FN3O3S/c23-15-4-3-7-19-20(15)25-22(30-19)26(12-14-8-10-24-11-9-14)21(27)18-13-28-16-5-1-2-6-17(16)29-18/h1-11,18H,12-13H2. The molecule has 6 nitrogen and oxygen atoms in total. The summed E-state index contributed by atoms with van der Waals surface area (Å²) in [6, 6.07) is 15.6. The molecule has 1 amide bonds. The SMILES string of the molecule is O=C(C1COc2ccccc2O1)N(Cc1ccncc1)c1nc2c(F)cccc2s1. The van der Waals surface area contributed by atoms with Crippen LogP contribution >= 0.6 is 11.3 Å². The van der Waals surface area contributed by atoms with Crippen LogP contribution in [0.3, 0.4) is 0 Å². The lowest BCUT2D eigenvalue weighted by molar-refractivity contribution is -0.127. The Bertz CT molecular complexity index is 1210. The number of ether oxygens (including phenoxy) is 2. The summed E-state index contributed by atoms with van der Waals surface area (Å²) in [6.45, 7) is 0.340. The van der Waals surface area contributed by atoms with Crippen LogP contribution in [0.4, 0.5) is 9.52 Å². The van der Waals surface area contributed by atoms with Gasteiger partial charge in [-0.05, 0) is 42.0 Å². The van der Waals surface area contributed by atoms with E-state index < -0.39 is 11.9 Å². The lowest BCUT2D eigenvalue weighted by Crippen LogP contribution is -2.46. The Labute approximate surface area is 175 Å². The van der Waals surface area contributed by atoms with E-state index in [1.165, 1.54) is 22.3 Å². The number of carbonyl (C=O) groups excluding carboxylic acids is 1. The smallest absolute Gasteiger partial charge is 0.273 e. The molecular weight excluding hydrogens is 405 g/mol. The average Bonchev–Trinajstić information content (AvgIpc) is 3.23. The summed E-state index contributed by atoms with van der Waals surface area (Å²) < 4.78 is 26.5. The molecule has 1 aliphatic heterocycles. The van der Waals surface area contributed by atoms with E-state index in [9.17, 15) is 9.18 Å². The van der Waals surface area contributed by atoms with Crippen LogP contribution in [-0.2, 0) is 11.3 Å². The lowest BCUT2D eigenvalue weighted by atomic mass is 10.2. The molecule has 0 radical (unpaired) electrons. The summed E-state index contributed by atoms with van der Waals surface area (Å²) in [4.78, 5) is 23.4. The molecule has 5 rings (SSSR count). The summed E-state index contributed by atoms with van der Waals surface area (Å²) >= 11 is 1.26. The number of hydrogen-bond acceptors (Lipinski definition) is 6.